The van der Waals surface area contributed by atoms with Crippen LogP contribution in [0.1, 0.15) is 10.4 Å². The molecule has 1 aromatic carbocycles. The van der Waals surface area contributed by atoms with Crippen molar-refractivity contribution < 1.29 is 22.9 Å². The van der Waals surface area contributed by atoms with Crippen LogP contribution in [0.25, 0.3) is 0 Å². The summed E-state index contributed by atoms with van der Waals surface area (Å²) in [5.41, 5.74) is 0.0536. The van der Waals surface area contributed by atoms with Crippen molar-refractivity contribution >= 4 is 16.0 Å². The van der Waals surface area contributed by atoms with Crippen LogP contribution < -0.4 is 5.32 Å². The van der Waals surface area contributed by atoms with E-state index in [0.29, 0.717) is 0 Å². The number of nitrogens with one attached hydrogen (secondary N) is 1. The molecule has 0 bridgehead atoms. The SMILES string of the molecule is O=C(NCCS(=O)(=O)O)c1ccccc1O. The molecule has 7 heteroatoms. The lowest BCUT2D eigenvalue weighted by Crippen LogP contribution is -2.28. The van der Waals surface area contributed by atoms with Crippen molar-refractivity contribution in [2.24, 2.45) is 0 Å². The van der Waals surface area contributed by atoms with E-state index in [9.17, 15) is 18.3 Å². The second kappa shape index (κ2) is 4.95. The summed E-state index contributed by atoms with van der Waals surface area (Å²) in [6.45, 7) is -0.216. The molecule has 0 atom stereocenters. The summed E-state index contributed by atoms with van der Waals surface area (Å²) in [6.07, 6.45) is 0. The average molecular weight is 245 g/mol. The van der Waals surface area contributed by atoms with Gasteiger partial charge in [0.15, 0.2) is 0 Å². The number of amides is 1. The fourth-order valence-corrected chi connectivity index (χ4v) is 1.41. The molecule has 88 valence electrons. The van der Waals surface area contributed by atoms with Crippen molar-refractivity contribution in [2.45, 2.75) is 0 Å². The highest BCUT2D eigenvalue weighted by Crippen LogP contribution is 2.14. The van der Waals surface area contributed by atoms with E-state index in [1.807, 2.05) is 0 Å². The highest BCUT2D eigenvalue weighted by molar-refractivity contribution is 7.85. The van der Waals surface area contributed by atoms with Gasteiger partial charge in [0.25, 0.3) is 16.0 Å². The molecule has 0 aliphatic carbocycles. The number of hydrogen-bond donors (Lipinski definition) is 3. The van der Waals surface area contributed by atoms with Crippen LogP contribution in [-0.2, 0) is 10.1 Å². The molecule has 0 spiro atoms. The molecule has 0 radical (unpaired) electrons. The summed E-state index contributed by atoms with van der Waals surface area (Å²) in [7, 11) is -4.09. The van der Waals surface area contributed by atoms with Gasteiger partial charge < -0.3 is 10.4 Å². The Morgan fingerprint density at radius 3 is 2.50 bits per heavy atom. The second-order valence-electron chi connectivity index (χ2n) is 3.06. The zero-order chi connectivity index (χ0) is 12.2. The van der Waals surface area contributed by atoms with Crippen LogP contribution in [0.15, 0.2) is 24.3 Å². The van der Waals surface area contributed by atoms with Crippen LogP contribution in [0.2, 0.25) is 0 Å². The van der Waals surface area contributed by atoms with Crippen LogP contribution in [0.5, 0.6) is 5.75 Å². The average Bonchev–Trinajstić information content (AvgIpc) is 2.16. The molecule has 0 saturated heterocycles. The minimum atomic E-state index is -4.09. The molecule has 0 unspecified atom stereocenters. The fourth-order valence-electron chi connectivity index (χ4n) is 1.05. The molecule has 16 heavy (non-hydrogen) atoms. The van der Waals surface area contributed by atoms with Crippen LogP contribution >= 0.6 is 0 Å². The third-order valence-corrected chi connectivity index (χ3v) is 2.51. The van der Waals surface area contributed by atoms with E-state index in [-0.39, 0.29) is 17.9 Å². The summed E-state index contributed by atoms with van der Waals surface area (Å²) in [4.78, 5) is 11.4. The normalized spacial score (nSPS) is 11.1. The molecule has 0 fully saturated rings. The summed E-state index contributed by atoms with van der Waals surface area (Å²) >= 11 is 0. The lowest BCUT2D eigenvalue weighted by atomic mass is 10.2. The van der Waals surface area contributed by atoms with E-state index in [2.05, 4.69) is 5.32 Å². The number of benzene rings is 1. The number of para-hydroxylation sites is 1. The molecule has 1 amide bonds. The van der Waals surface area contributed by atoms with Crippen LogP contribution in [0.3, 0.4) is 0 Å². The maximum absolute atomic E-state index is 11.4. The Morgan fingerprint density at radius 2 is 1.94 bits per heavy atom. The van der Waals surface area contributed by atoms with Gasteiger partial charge in [-0.25, -0.2) is 0 Å². The Labute approximate surface area is 92.7 Å². The van der Waals surface area contributed by atoms with E-state index in [1.54, 1.807) is 12.1 Å². The van der Waals surface area contributed by atoms with Gasteiger partial charge in [0.2, 0.25) is 0 Å². The molecule has 0 aliphatic heterocycles. The Kier molecular flexibility index (Phi) is 3.86. The first kappa shape index (κ1) is 12.5. The van der Waals surface area contributed by atoms with E-state index in [0.717, 1.165) is 0 Å². The molecule has 0 aromatic heterocycles. The third kappa shape index (κ3) is 3.87. The second-order valence-corrected chi connectivity index (χ2v) is 4.63. The zero-order valence-corrected chi connectivity index (χ0v) is 9.07. The number of hydrogen-bond acceptors (Lipinski definition) is 4. The molecule has 0 aliphatic rings. The van der Waals surface area contributed by atoms with Gasteiger partial charge in [-0.05, 0) is 12.1 Å². The number of phenols is 1. The largest absolute Gasteiger partial charge is 0.507 e. The highest BCUT2D eigenvalue weighted by atomic mass is 32.2. The highest BCUT2D eigenvalue weighted by Gasteiger charge is 2.11. The molecular weight excluding hydrogens is 234 g/mol. The number of carbonyl (C=O) groups is 1. The quantitative estimate of drug-likeness (QED) is 0.648. The van der Waals surface area contributed by atoms with E-state index >= 15 is 0 Å². The summed E-state index contributed by atoms with van der Waals surface area (Å²) in [6, 6.07) is 5.87. The van der Waals surface area contributed by atoms with E-state index in [1.165, 1.54) is 12.1 Å². The van der Waals surface area contributed by atoms with Gasteiger partial charge in [-0.15, -0.1) is 0 Å². The molecule has 1 aromatic rings. The lowest BCUT2D eigenvalue weighted by Gasteiger charge is -2.05. The topological polar surface area (TPSA) is 104 Å². The Balaban J connectivity index is 2.57. The summed E-state index contributed by atoms with van der Waals surface area (Å²) in [5.74, 6) is -1.35. The van der Waals surface area contributed by atoms with Gasteiger partial charge in [0.05, 0.1) is 11.3 Å². The number of carbonyl (C=O) groups excluding carboxylic acids is 1. The van der Waals surface area contributed by atoms with Gasteiger partial charge >= 0.3 is 0 Å². The summed E-state index contributed by atoms with van der Waals surface area (Å²) < 4.78 is 29.2. The van der Waals surface area contributed by atoms with Crippen LogP contribution in [-0.4, -0.2) is 36.3 Å². The smallest absolute Gasteiger partial charge is 0.266 e. The van der Waals surface area contributed by atoms with Crippen molar-refractivity contribution in [2.75, 3.05) is 12.3 Å². The number of rotatable bonds is 4. The van der Waals surface area contributed by atoms with Crippen molar-refractivity contribution in [1.29, 1.82) is 0 Å². The van der Waals surface area contributed by atoms with Gasteiger partial charge in [-0.3, -0.25) is 9.35 Å². The lowest BCUT2D eigenvalue weighted by molar-refractivity contribution is 0.0953. The zero-order valence-electron chi connectivity index (χ0n) is 8.25. The molecule has 3 N–H and O–H groups in total. The predicted octanol–water partition coefficient (Wildman–Crippen LogP) is 0.00980. The van der Waals surface area contributed by atoms with Gasteiger partial charge in [0.1, 0.15) is 5.75 Å². The van der Waals surface area contributed by atoms with Crippen molar-refractivity contribution in [3.05, 3.63) is 29.8 Å². The number of aromatic hydroxyl groups is 1. The summed E-state index contributed by atoms with van der Waals surface area (Å²) in [5, 5.41) is 11.6. The maximum Gasteiger partial charge on any atom is 0.266 e. The van der Waals surface area contributed by atoms with Crippen LogP contribution in [0.4, 0.5) is 0 Å². The van der Waals surface area contributed by atoms with Crippen LogP contribution in [0, 0.1) is 0 Å². The van der Waals surface area contributed by atoms with Gasteiger partial charge in [0, 0.05) is 6.54 Å². The fraction of sp³-hybridized carbons (Fsp3) is 0.222. The Hall–Kier alpha value is -1.60. The standard InChI is InChI=1S/C9H11NO5S/c11-8-4-2-1-3-7(8)9(12)10-5-6-16(13,14)15/h1-4,11H,5-6H2,(H,10,12)(H,13,14,15). The molecule has 0 heterocycles. The monoisotopic (exact) mass is 245 g/mol. The molecule has 6 nitrogen and oxygen atoms in total. The molecule has 1 rings (SSSR count). The van der Waals surface area contributed by atoms with Crippen molar-refractivity contribution in [1.82, 2.24) is 5.32 Å². The first-order valence-electron chi connectivity index (χ1n) is 4.41. The number of phenolic OH excluding ortho intramolecular Hbond substituents is 1. The van der Waals surface area contributed by atoms with E-state index < -0.39 is 21.8 Å². The maximum atomic E-state index is 11.4. The van der Waals surface area contributed by atoms with Crippen molar-refractivity contribution in [3.63, 3.8) is 0 Å². The minimum Gasteiger partial charge on any atom is -0.507 e. The first-order valence-corrected chi connectivity index (χ1v) is 6.02. The first-order chi connectivity index (χ1) is 7.40. The molecule has 0 saturated carbocycles. The molecular formula is C9H11NO5S. The van der Waals surface area contributed by atoms with Gasteiger partial charge in [-0.1, -0.05) is 12.1 Å². The van der Waals surface area contributed by atoms with Gasteiger partial charge in [-0.2, -0.15) is 8.42 Å². The van der Waals surface area contributed by atoms with Crippen molar-refractivity contribution in [3.8, 4) is 5.75 Å². The Bertz CT molecular complexity index is 482. The predicted molar refractivity (Wildman–Crippen MR) is 56.9 cm³/mol. The minimum absolute atomic E-state index is 0.0536. The van der Waals surface area contributed by atoms with E-state index in [4.69, 9.17) is 4.55 Å². The third-order valence-electron chi connectivity index (χ3n) is 1.79. The Morgan fingerprint density at radius 1 is 1.31 bits per heavy atom.